The third-order valence-corrected chi connectivity index (χ3v) is 2.48. The minimum Gasteiger partial charge on any atom is -0.469 e. The van der Waals surface area contributed by atoms with Crippen molar-refractivity contribution < 1.29 is 9.53 Å². The van der Waals surface area contributed by atoms with Crippen LogP contribution in [0.2, 0.25) is 5.02 Å². The van der Waals surface area contributed by atoms with Crippen molar-refractivity contribution >= 4 is 17.6 Å². The monoisotopic (exact) mass is 216 g/mol. The van der Waals surface area contributed by atoms with Crippen LogP contribution >= 0.6 is 11.6 Å². The predicted molar refractivity (Wildman–Crippen MR) is 53.1 cm³/mol. The van der Waals surface area contributed by atoms with Crippen molar-refractivity contribution in [3.05, 3.63) is 17.4 Å². The molecule has 5 heteroatoms. The summed E-state index contributed by atoms with van der Waals surface area (Å²) in [6.07, 6.45) is 3.23. The fourth-order valence-corrected chi connectivity index (χ4v) is 1.29. The van der Waals surface area contributed by atoms with Crippen molar-refractivity contribution in [2.24, 2.45) is 5.92 Å². The first-order chi connectivity index (χ1) is 6.56. The Morgan fingerprint density at radius 2 is 2.29 bits per heavy atom. The van der Waals surface area contributed by atoms with Crippen molar-refractivity contribution in [3.8, 4) is 0 Å². The molecule has 0 amide bonds. The SMILES string of the molecule is COC(=O)C(C)C(C)n1cc(Cl)cn1. The molecule has 2 atom stereocenters. The van der Waals surface area contributed by atoms with Gasteiger partial charge in [0, 0.05) is 6.20 Å². The molecule has 14 heavy (non-hydrogen) atoms. The van der Waals surface area contributed by atoms with Crippen LogP contribution in [-0.2, 0) is 9.53 Å². The molecule has 0 saturated carbocycles. The highest BCUT2D eigenvalue weighted by Gasteiger charge is 2.22. The number of hydrogen-bond donors (Lipinski definition) is 0. The average Bonchev–Trinajstić information content (AvgIpc) is 2.61. The van der Waals surface area contributed by atoms with Gasteiger partial charge in [0.1, 0.15) is 0 Å². The van der Waals surface area contributed by atoms with Crippen LogP contribution < -0.4 is 0 Å². The van der Waals surface area contributed by atoms with Gasteiger partial charge in [-0.25, -0.2) is 0 Å². The highest BCUT2D eigenvalue weighted by Crippen LogP contribution is 2.19. The lowest BCUT2D eigenvalue weighted by Crippen LogP contribution is -2.23. The van der Waals surface area contributed by atoms with Gasteiger partial charge in [-0.3, -0.25) is 9.48 Å². The normalized spacial score (nSPS) is 14.9. The van der Waals surface area contributed by atoms with Crippen LogP contribution in [0.3, 0.4) is 0 Å². The van der Waals surface area contributed by atoms with E-state index in [2.05, 4.69) is 9.84 Å². The number of carbonyl (C=O) groups excluding carboxylic acids is 1. The van der Waals surface area contributed by atoms with Gasteiger partial charge in [0.15, 0.2) is 0 Å². The van der Waals surface area contributed by atoms with E-state index in [-0.39, 0.29) is 17.9 Å². The second-order valence-corrected chi connectivity index (χ2v) is 3.63. The molecule has 2 unspecified atom stereocenters. The van der Waals surface area contributed by atoms with E-state index in [0.29, 0.717) is 5.02 Å². The zero-order valence-electron chi connectivity index (χ0n) is 8.40. The molecule has 0 saturated heterocycles. The number of hydrogen-bond acceptors (Lipinski definition) is 3. The standard InChI is InChI=1S/C9H13ClN2O2/c1-6(9(13)14-3)7(2)12-5-8(10)4-11-12/h4-7H,1-3H3. The Morgan fingerprint density at radius 3 is 2.71 bits per heavy atom. The predicted octanol–water partition coefficient (Wildman–Crippen LogP) is 1.91. The first-order valence-electron chi connectivity index (χ1n) is 4.33. The van der Waals surface area contributed by atoms with Crippen molar-refractivity contribution in [2.75, 3.05) is 7.11 Å². The average molecular weight is 217 g/mol. The summed E-state index contributed by atoms with van der Waals surface area (Å²) in [6, 6.07) is -0.0602. The molecule has 0 aliphatic heterocycles. The molecule has 1 rings (SSSR count). The smallest absolute Gasteiger partial charge is 0.310 e. The number of ether oxygens (including phenoxy) is 1. The van der Waals surface area contributed by atoms with Crippen molar-refractivity contribution in [1.29, 1.82) is 0 Å². The molecule has 4 nitrogen and oxygen atoms in total. The number of esters is 1. The Kier molecular flexibility index (Phi) is 3.52. The Balaban J connectivity index is 2.74. The molecule has 0 radical (unpaired) electrons. The van der Waals surface area contributed by atoms with Gasteiger partial charge in [-0.05, 0) is 13.8 Å². The molecule has 0 fully saturated rings. The third kappa shape index (κ3) is 2.26. The van der Waals surface area contributed by atoms with Crippen LogP contribution in [0.5, 0.6) is 0 Å². The maximum absolute atomic E-state index is 11.2. The highest BCUT2D eigenvalue weighted by molar-refractivity contribution is 6.30. The minimum atomic E-state index is -0.246. The summed E-state index contributed by atoms with van der Waals surface area (Å²) in [4.78, 5) is 11.2. The van der Waals surface area contributed by atoms with Gasteiger partial charge in [0.2, 0.25) is 0 Å². The van der Waals surface area contributed by atoms with Crippen LogP contribution in [0.15, 0.2) is 12.4 Å². The fraction of sp³-hybridized carbons (Fsp3) is 0.556. The zero-order valence-corrected chi connectivity index (χ0v) is 9.15. The summed E-state index contributed by atoms with van der Waals surface area (Å²) in [5, 5.41) is 4.59. The molecule has 1 heterocycles. The van der Waals surface area contributed by atoms with E-state index in [1.807, 2.05) is 6.92 Å². The Labute approximate surface area is 87.8 Å². The van der Waals surface area contributed by atoms with Crippen molar-refractivity contribution in [3.63, 3.8) is 0 Å². The number of rotatable bonds is 3. The Morgan fingerprint density at radius 1 is 1.64 bits per heavy atom. The van der Waals surface area contributed by atoms with Gasteiger partial charge < -0.3 is 4.74 Å². The maximum Gasteiger partial charge on any atom is 0.310 e. The van der Waals surface area contributed by atoms with Crippen LogP contribution in [0.1, 0.15) is 19.9 Å². The lowest BCUT2D eigenvalue weighted by Gasteiger charge is -2.17. The molecule has 78 valence electrons. The van der Waals surface area contributed by atoms with E-state index in [1.165, 1.54) is 7.11 Å². The van der Waals surface area contributed by atoms with Gasteiger partial charge >= 0.3 is 5.97 Å². The summed E-state index contributed by atoms with van der Waals surface area (Å²) in [5.41, 5.74) is 0. The van der Waals surface area contributed by atoms with Crippen LogP contribution in [0.4, 0.5) is 0 Å². The molecule has 0 aliphatic rings. The molecule has 1 aromatic heterocycles. The summed E-state index contributed by atoms with van der Waals surface area (Å²) in [7, 11) is 1.38. The van der Waals surface area contributed by atoms with Gasteiger partial charge in [-0.1, -0.05) is 11.6 Å². The maximum atomic E-state index is 11.2. The number of nitrogens with zero attached hydrogens (tertiary/aromatic N) is 2. The summed E-state index contributed by atoms with van der Waals surface area (Å²) in [5.74, 6) is -0.486. The van der Waals surface area contributed by atoms with E-state index in [4.69, 9.17) is 11.6 Å². The van der Waals surface area contributed by atoms with Crippen LogP contribution in [0, 0.1) is 5.92 Å². The molecular formula is C9H13ClN2O2. The van der Waals surface area contributed by atoms with E-state index >= 15 is 0 Å². The van der Waals surface area contributed by atoms with E-state index in [0.717, 1.165) is 0 Å². The summed E-state index contributed by atoms with van der Waals surface area (Å²) >= 11 is 5.72. The number of aromatic nitrogens is 2. The zero-order chi connectivity index (χ0) is 10.7. The molecular weight excluding hydrogens is 204 g/mol. The lowest BCUT2D eigenvalue weighted by molar-refractivity contribution is -0.146. The molecule has 1 aromatic rings. The topological polar surface area (TPSA) is 44.1 Å². The quantitative estimate of drug-likeness (QED) is 0.725. The summed E-state index contributed by atoms with van der Waals surface area (Å²) in [6.45, 7) is 3.69. The molecule has 0 N–H and O–H groups in total. The van der Waals surface area contributed by atoms with Gasteiger partial charge in [0.25, 0.3) is 0 Å². The van der Waals surface area contributed by atoms with Crippen LogP contribution in [-0.4, -0.2) is 22.9 Å². The first-order valence-corrected chi connectivity index (χ1v) is 4.71. The summed E-state index contributed by atoms with van der Waals surface area (Å²) < 4.78 is 6.31. The largest absolute Gasteiger partial charge is 0.469 e. The van der Waals surface area contributed by atoms with Gasteiger partial charge in [-0.15, -0.1) is 0 Å². The van der Waals surface area contributed by atoms with E-state index < -0.39 is 0 Å². The van der Waals surface area contributed by atoms with Crippen LogP contribution in [0.25, 0.3) is 0 Å². The number of methoxy groups -OCH3 is 1. The van der Waals surface area contributed by atoms with Crippen molar-refractivity contribution in [1.82, 2.24) is 9.78 Å². The minimum absolute atomic E-state index is 0.0602. The van der Waals surface area contributed by atoms with E-state index in [9.17, 15) is 4.79 Å². The first kappa shape index (κ1) is 11.0. The molecule has 0 spiro atoms. The molecule has 0 aliphatic carbocycles. The number of carbonyl (C=O) groups is 1. The van der Waals surface area contributed by atoms with E-state index in [1.54, 1.807) is 24.0 Å². The van der Waals surface area contributed by atoms with Gasteiger partial charge in [0.05, 0.1) is 30.3 Å². The fourth-order valence-electron chi connectivity index (χ4n) is 1.15. The second kappa shape index (κ2) is 4.46. The highest BCUT2D eigenvalue weighted by atomic mass is 35.5. The Hall–Kier alpha value is -1.03. The van der Waals surface area contributed by atoms with Crippen molar-refractivity contribution in [2.45, 2.75) is 19.9 Å². The third-order valence-electron chi connectivity index (χ3n) is 2.28. The molecule has 0 bridgehead atoms. The number of halogens is 1. The Bertz CT molecular complexity index is 324. The second-order valence-electron chi connectivity index (χ2n) is 3.19. The van der Waals surface area contributed by atoms with Gasteiger partial charge in [-0.2, -0.15) is 5.10 Å². The molecule has 0 aromatic carbocycles. The lowest BCUT2D eigenvalue weighted by atomic mass is 10.0.